The second-order valence-electron chi connectivity index (χ2n) is 4.80. The van der Waals surface area contributed by atoms with Gasteiger partial charge in [0.2, 0.25) is 0 Å². The molecular formula is C13H12FN3S2. The van der Waals surface area contributed by atoms with Crippen molar-refractivity contribution in [2.45, 2.75) is 19.4 Å². The maximum atomic E-state index is 13.8. The number of imidazole rings is 1. The molecule has 0 spiro atoms. The van der Waals surface area contributed by atoms with Crippen molar-refractivity contribution in [2.75, 3.05) is 0 Å². The summed E-state index contributed by atoms with van der Waals surface area (Å²) in [5.74, 6) is -0.294. The highest BCUT2D eigenvalue weighted by atomic mass is 32.1. The minimum absolute atomic E-state index is 0.294. The zero-order valence-electron chi connectivity index (χ0n) is 10.5. The molecule has 0 fully saturated rings. The summed E-state index contributed by atoms with van der Waals surface area (Å²) in [6, 6.07) is 4.98. The number of aromatic nitrogens is 3. The zero-order valence-corrected chi connectivity index (χ0v) is 12.1. The molecule has 2 aromatic heterocycles. The third kappa shape index (κ3) is 1.82. The summed E-state index contributed by atoms with van der Waals surface area (Å²) in [7, 11) is 0. The molecule has 0 saturated carbocycles. The van der Waals surface area contributed by atoms with Crippen LogP contribution in [-0.2, 0) is 5.54 Å². The fraction of sp³-hybridized carbons (Fsp3) is 0.231. The fourth-order valence-corrected chi connectivity index (χ4v) is 3.45. The lowest BCUT2D eigenvalue weighted by molar-refractivity contribution is 0.441. The molecule has 6 heteroatoms. The number of H-pyrrole nitrogens is 1. The second-order valence-corrected chi connectivity index (χ2v) is 6.08. The van der Waals surface area contributed by atoms with E-state index in [-0.39, 0.29) is 5.82 Å². The number of hydrogen-bond acceptors (Lipinski definition) is 3. The van der Waals surface area contributed by atoms with E-state index in [0.29, 0.717) is 10.3 Å². The Bertz CT molecular complexity index is 784. The van der Waals surface area contributed by atoms with E-state index in [2.05, 4.69) is 9.97 Å². The van der Waals surface area contributed by atoms with Gasteiger partial charge in [-0.15, -0.1) is 11.3 Å². The maximum absolute atomic E-state index is 13.8. The predicted molar refractivity (Wildman–Crippen MR) is 77.6 cm³/mol. The van der Waals surface area contributed by atoms with Crippen LogP contribution >= 0.6 is 23.6 Å². The van der Waals surface area contributed by atoms with Crippen LogP contribution in [0, 0.1) is 10.6 Å². The largest absolute Gasteiger partial charge is 0.328 e. The lowest BCUT2D eigenvalue weighted by atomic mass is 10.1. The molecule has 0 radical (unpaired) electrons. The molecule has 3 aromatic rings. The van der Waals surface area contributed by atoms with Crippen molar-refractivity contribution in [1.29, 1.82) is 0 Å². The molecule has 19 heavy (non-hydrogen) atoms. The van der Waals surface area contributed by atoms with Gasteiger partial charge in [0.25, 0.3) is 0 Å². The minimum Gasteiger partial charge on any atom is -0.328 e. The van der Waals surface area contributed by atoms with Crippen LogP contribution in [-0.4, -0.2) is 14.5 Å². The number of rotatable bonds is 2. The van der Waals surface area contributed by atoms with Crippen LogP contribution in [0.3, 0.4) is 0 Å². The number of para-hydroxylation sites is 1. The number of nitrogens with zero attached hydrogens (tertiary/aromatic N) is 2. The highest BCUT2D eigenvalue weighted by Crippen LogP contribution is 2.31. The van der Waals surface area contributed by atoms with Crippen molar-refractivity contribution in [2.24, 2.45) is 0 Å². The van der Waals surface area contributed by atoms with Crippen molar-refractivity contribution in [3.05, 3.63) is 45.4 Å². The standard InChI is InChI=1S/C13H12FN3S2/c1-13(2,11-15-6-7-19-11)17-9-5-3-4-8(14)10(9)16-12(17)18/h3-7H,1-2H3,(H,16,18). The Kier molecular flexibility index (Phi) is 2.79. The van der Waals surface area contributed by atoms with Crippen molar-refractivity contribution in [1.82, 2.24) is 14.5 Å². The molecule has 0 aliphatic carbocycles. The van der Waals surface area contributed by atoms with Crippen molar-refractivity contribution >= 4 is 34.6 Å². The zero-order chi connectivity index (χ0) is 13.6. The van der Waals surface area contributed by atoms with Crippen LogP contribution < -0.4 is 0 Å². The summed E-state index contributed by atoms with van der Waals surface area (Å²) >= 11 is 6.92. The lowest BCUT2D eigenvalue weighted by Gasteiger charge is -2.25. The molecule has 1 aromatic carbocycles. The van der Waals surface area contributed by atoms with Crippen LogP contribution in [0.5, 0.6) is 0 Å². The van der Waals surface area contributed by atoms with Crippen LogP contribution in [0.4, 0.5) is 4.39 Å². The van der Waals surface area contributed by atoms with Crippen LogP contribution in [0.1, 0.15) is 18.9 Å². The number of nitrogens with one attached hydrogen (secondary N) is 1. The van der Waals surface area contributed by atoms with Crippen LogP contribution in [0.2, 0.25) is 0 Å². The Labute approximate surface area is 118 Å². The molecule has 0 bridgehead atoms. The minimum atomic E-state index is -0.419. The summed E-state index contributed by atoms with van der Waals surface area (Å²) in [5.41, 5.74) is 0.777. The van der Waals surface area contributed by atoms with Crippen molar-refractivity contribution in [3.8, 4) is 0 Å². The van der Waals surface area contributed by atoms with E-state index >= 15 is 0 Å². The number of benzene rings is 1. The van der Waals surface area contributed by atoms with E-state index in [1.165, 1.54) is 6.07 Å². The van der Waals surface area contributed by atoms with Gasteiger partial charge in [-0.2, -0.15) is 0 Å². The van der Waals surface area contributed by atoms with Crippen molar-refractivity contribution in [3.63, 3.8) is 0 Å². The fourth-order valence-electron chi connectivity index (χ4n) is 2.27. The molecule has 0 amide bonds. The molecule has 0 unspecified atom stereocenters. The first-order valence-electron chi connectivity index (χ1n) is 5.81. The first-order valence-corrected chi connectivity index (χ1v) is 7.10. The van der Waals surface area contributed by atoms with E-state index < -0.39 is 5.54 Å². The first kappa shape index (κ1) is 12.5. The number of thiazole rings is 1. The third-order valence-electron chi connectivity index (χ3n) is 3.18. The Morgan fingerprint density at radius 3 is 2.89 bits per heavy atom. The highest BCUT2D eigenvalue weighted by molar-refractivity contribution is 7.71. The lowest BCUT2D eigenvalue weighted by Crippen LogP contribution is -2.27. The van der Waals surface area contributed by atoms with Gasteiger partial charge in [-0.25, -0.2) is 9.37 Å². The van der Waals surface area contributed by atoms with E-state index in [1.807, 2.05) is 29.9 Å². The molecule has 3 nitrogen and oxygen atoms in total. The van der Waals surface area contributed by atoms with Gasteiger partial charge in [-0.05, 0) is 38.2 Å². The SMILES string of the molecule is CC(C)(c1nccs1)n1c(=S)[nH]c2c(F)cccc21. The van der Waals surface area contributed by atoms with E-state index in [0.717, 1.165) is 10.5 Å². The van der Waals surface area contributed by atoms with Gasteiger partial charge in [0, 0.05) is 11.6 Å². The van der Waals surface area contributed by atoms with Gasteiger partial charge >= 0.3 is 0 Å². The molecule has 3 rings (SSSR count). The molecule has 0 atom stereocenters. The monoisotopic (exact) mass is 293 g/mol. The molecule has 0 aliphatic rings. The summed E-state index contributed by atoms with van der Waals surface area (Å²) in [6.45, 7) is 4.06. The quantitative estimate of drug-likeness (QED) is 0.722. The van der Waals surface area contributed by atoms with Crippen molar-refractivity contribution < 1.29 is 4.39 Å². The molecule has 1 N–H and O–H groups in total. The number of fused-ring (bicyclic) bond motifs is 1. The molecule has 98 valence electrons. The second kappa shape index (κ2) is 4.25. The Balaban J connectivity index is 2.35. The Morgan fingerprint density at radius 2 is 2.21 bits per heavy atom. The van der Waals surface area contributed by atoms with E-state index in [1.54, 1.807) is 23.6 Å². The smallest absolute Gasteiger partial charge is 0.179 e. The Hall–Kier alpha value is -1.53. The van der Waals surface area contributed by atoms with Gasteiger partial charge in [0.1, 0.15) is 16.3 Å². The molecule has 0 saturated heterocycles. The topological polar surface area (TPSA) is 33.6 Å². The Morgan fingerprint density at radius 1 is 1.42 bits per heavy atom. The maximum Gasteiger partial charge on any atom is 0.179 e. The normalized spacial score (nSPS) is 12.2. The summed E-state index contributed by atoms with van der Waals surface area (Å²) in [6.07, 6.45) is 1.76. The summed E-state index contributed by atoms with van der Waals surface area (Å²) in [5, 5.41) is 2.87. The van der Waals surface area contributed by atoms with Gasteiger partial charge in [-0.3, -0.25) is 0 Å². The van der Waals surface area contributed by atoms with E-state index in [4.69, 9.17) is 12.2 Å². The summed E-state index contributed by atoms with van der Waals surface area (Å²) < 4.78 is 16.2. The highest BCUT2D eigenvalue weighted by Gasteiger charge is 2.28. The van der Waals surface area contributed by atoms with Crippen LogP contribution in [0.25, 0.3) is 11.0 Å². The first-order chi connectivity index (χ1) is 9.01. The number of hydrogen-bond donors (Lipinski definition) is 1. The molecule has 2 heterocycles. The van der Waals surface area contributed by atoms with Crippen LogP contribution in [0.15, 0.2) is 29.8 Å². The third-order valence-corrected chi connectivity index (χ3v) is 4.55. The van der Waals surface area contributed by atoms with Gasteiger partial charge in [0.05, 0.1) is 11.1 Å². The average Bonchev–Trinajstić information content (AvgIpc) is 2.96. The molecule has 0 aliphatic heterocycles. The average molecular weight is 293 g/mol. The predicted octanol–water partition coefficient (Wildman–Crippen LogP) is 4.08. The summed E-state index contributed by atoms with van der Waals surface area (Å²) in [4.78, 5) is 7.30. The number of aromatic amines is 1. The molecular weight excluding hydrogens is 281 g/mol. The number of halogens is 1. The van der Waals surface area contributed by atoms with Gasteiger partial charge in [-0.1, -0.05) is 6.07 Å². The van der Waals surface area contributed by atoms with Gasteiger partial charge < -0.3 is 9.55 Å². The van der Waals surface area contributed by atoms with E-state index in [9.17, 15) is 4.39 Å². The van der Waals surface area contributed by atoms with Gasteiger partial charge in [0.15, 0.2) is 4.77 Å².